The lowest BCUT2D eigenvalue weighted by atomic mass is 9.85. The number of nitro benzene ring substituents is 1. The van der Waals surface area contributed by atoms with Gasteiger partial charge in [-0.1, -0.05) is 37.5 Å². The van der Waals surface area contributed by atoms with E-state index >= 15 is 0 Å². The Kier molecular flexibility index (Phi) is 4.90. The molecule has 2 aromatic carbocycles. The molecule has 3 aliphatic rings. The normalized spacial score (nSPS) is 23.2. The zero-order valence-corrected chi connectivity index (χ0v) is 18.8. The fraction of sp³-hybridized carbons (Fsp3) is 0.385. The summed E-state index contributed by atoms with van der Waals surface area (Å²) in [5.74, 6) is -0.0443. The number of aromatic amines is 1. The Morgan fingerprint density at radius 3 is 2.44 bits per heavy atom. The summed E-state index contributed by atoms with van der Waals surface area (Å²) in [6, 6.07) is 13.4. The molecule has 2 fully saturated rings. The lowest BCUT2D eigenvalue weighted by Gasteiger charge is -2.49. The second-order valence-electron chi connectivity index (χ2n) is 9.59. The fourth-order valence-electron chi connectivity index (χ4n) is 6.11. The van der Waals surface area contributed by atoms with Crippen molar-refractivity contribution in [3.05, 3.63) is 75.5 Å². The second-order valence-corrected chi connectivity index (χ2v) is 9.59. The maximum atomic E-state index is 13.8. The van der Waals surface area contributed by atoms with E-state index < -0.39 is 17.0 Å². The van der Waals surface area contributed by atoms with Crippen molar-refractivity contribution < 1.29 is 14.5 Å². The van der Waals surface area contributed by atoms with Gasteiger partial charge in [-0.3, -0.25) is 19.7 Å². The molecule has 174 valence electrons. The highest BCUT2D eigenvalue weighted by Crippen LogP contribution is 2.43. The van der Waals surface area contributed by atoms with E-state index in [4.69, 9.17) is 0 Å². The van der Waals surface area contributed by atoms with Gasteiger partial charge >= 0.3 is 0 Å². The van der Waals surface area contributed by atoms with Gasteiger partial charge in [0.1, 0.15) is 12.6 Å². The first-order valence-electron chi connectivity index (χ1n) is 12.0. The van der Waals surface area contributed by atoms with Crippen molar-refractivity contribution in [1.82, 2.24) is 14.8 Å². The number of H-pyrrole nitrogens is 1. The molecule has 0 radical (unpaired) electrons. The molecule has 6 rings (SSSR count). The number of non-ortho nitro benzene ring substituents is 1. The van der Waals surface area contributed by atoms with Crippen LogP contribution < -0.4 is 0 Å². The molecule has 3 aromatic rings. The number of aromatic nitrogens is 1. The molecule has 1 saturated heterocycles. The Balaban J connectivity index is 1.47. The van der Waals surface area contributed by atoms with Crippen LogP contribution in [0.15, 0.2) is 48.5 Å². The number of nitrogens with one attached hydrogen (secondary N) is 1. The van der Waals surface area contributed by atoms with Gasteiger partial charge in [-0.25, -0.2) is 0 Å². The van der Waals surface area contributed by atoms with E-state index in [2.05, 4.69) is 4.98 Å². The van der Waals surface area contributed by atoms with E-state index in [1.165, 1.54) is 18.6 Å². The summed E-state index contributed by atoms with van der Waals surface area (Å²) in [4.78, 5) is 45.3. The molecule has 1 aromatic heterocycles. The third-order valence-electron chi connectivity index (χ3n) is 7.73. The van der Waals surface area contributed by atoms with Crippen LogP contribution in [0.4, 0.5) is 5.69 Å². The number of amides is 2. The van der Waals surface area contributed by atoms with Gasteiger partial charge < -0.3 is 14.8 Å². The van der Waals surface area contributed by atoms with Crippen molar-refractivity contribution in [3.63, 3.8) is 0 Å². The Morgan fingerprint density at radius 2 is 1.71 bits per heavy atom. The monoisotopic (exact) mass is 458 g/mol. The Labute approximate surface area is 196 Å². The minimum atomic E-state index is -0.574. The third-order valence-corrected chi connectivity index (χ3v) is 7.73. The molecular weight excluding hydrogens is 432 g/mol. The first-order valence-corrected chi connectivity index (χ1v) is 12.0. The van der Waals surface area contributed by atoms with Crippen molar-refractivity contribution >= 4 is 28.4 Å². The number of para-hydroxylation sites is 1. The van der Waals surface area contributed by atoms with Crippen LogP contribution in [0.1, 0.15) is 55.0 Å². The first-order chi connectivity index (χ1) is 16.5. The van der Waals surface area contributed by atoms with Crippen molar-refractivity contribution in [2.24, 2.45) is 0 Å². The third kappa shape index (κ3) is 3.20. The lowest BCUT2D eigenvalue weighted by molar-refractivity contribution is -0.384. The van der Waals surface area contributed by atoms with Gasteiger partial charge in [-0.05, 0) is 42.2 Å². The summed E-state index contributed by atoms with van der Waals surface area (Å²) in [7, 11) is 0. The average molecular weight is 459 g/mol. The SMILES string of the molecule is O=C1C2Cc3c([nH]c4ccccc34)C(c3ccc([N+](=O)[O-])cc3)N2C(=O)CN1C1CCCCC1. The van der Waals surface area contributed by atoms with Crippen molar-refractivity contribution in [3.8, 4) is 0 Å². The zero-order valence-electron chi connectivity index (χ0n) is 18.8. The minimum absolute atomic E-state index is 0.00231. The predicted octanol–water partition coefficient (Wildman–Crippen LogP) is 4.09. The number of hydrogen-bond donors (Lipinski definition) is 1. The summed E-state index contributed by atoms with van der Waals surface area (Å²) in [6.45, 7) is 0.0963. The highest BCUT2D eigenvalue weighted by atomic mass is 16.6. The molecule has 2 aliphatic heterocycles. The van der Waals surface area contributed by atoms with Gasteiger partial charge in [-0.15, -0.1) is 0 Å². The molecule has 1 N–H and O–H groups in total. The molecule has 1 aliphatic carbocycles. The number of nitro groups is 1. The van der Waals surface area contributed by atoms with E-state index in [0.717, 1.165) is 53.4 Å². The number of piperazine rings is 1. The van der Waals surface area contributed by atoms with Gasteiger partial charge in [0.2, 0.25) is 11.8 Å². The number of carbonyl (C=O) groups excluding carboxylic acids is 2. The van der Waals surface area contributed by atoms with Crippen LogP contribution >= 0.6 is 0 Å². The van der Waals surface area contributed by atoms with Crippen LogP contribution in [0.5, 0.6) is 0 Å². The lowest BCUT2D eigenvalue weighted by Crippen LogP contribution is -2.65. The van der Waals surface area contributed by atoms with Gasteiger partial charge in [0, 0.05) is 41.2 Å². The maximum absolute atomic E-state index is 13.8. The molecule has 0 spiro atoms. The highest BCUT2D eigenvalue weighted by molar-refractivity contribution is 5.97. The van der Waals surface area contributed by atoms with Crippen LogP contribution in [0.25, 0.3) is 10.9 Å². The number of hydrogen-bond acceptors (Lipinski definition) is 4. The zero-order chi connectivity index (χ0) is 23.4. The van der Waals surface area contributed by atoms with Crippen molar-refractivity contribution in [2.75, 3.05) is 6.54 Å². The first kappa shape index (κ1) is 20.9. The fourth-order valence-corrected chi connectivity index (χ4v) is 6.11. The molecule has 0 bridgehead atoms. The van der Waals surface area contributed by atoms with Crippen LogP contribution in [-0.2, 0) is 16.0 Å². The van der Waals surface area contributed by atoms with Crippen molar-refractivity contribution in [2.45, 2.75) is 56.7 Å². The number of benzene rings is 2. The number of nitrogens with zero attached hydrogens (tertiary/aromatic N) is 3. The largest absolute Gasteiger partial charge is 0.356 e. The predicted molar refractivity (Wildman–Crippen MR) is 126 cm³/mol. The number of carbonyl (C=O) groups is 2. The van der Waals surface area contributed by atoms with Gasteiger partial charge in [0.05, 0.1) is 11.0 Å². The van der Waals surface area contributed by atoms with E-state index in [1.807, 2.05) is 29.2 Å². The van der Waals surface area contributed by atoms with Gasteiger partial charge in [-0.2, -0.15) is 0 Å². The Hall–Kier alpha value is -3.68. The average Bonchev–Trinajstić information content (AvgIpc) is 3.24. The smallest absolute Gasteiger partial charge is 0.269 e. The van der Waals surface area contributed by atoms with Crippen LogP contribution in [0, 0.1) is 10.1 Å². The van der Waals surface area contributed by atoms with E-state index in [1.54, 1.807) is 17.0 Å². The molecule has 8 nitrogen and oxygen atoms in total. The van der Waals surface area contributed by atoms with Crippen LogP contribution in [0.3, 0.4) is 0 Å². The van der Waals surface area contributed by atoms with Crippen molar-refractivity contribution in [1.29, 1.82) is 0 Å². The number of rotatable bonds is 3. The minimum Gasteiger partial charge on any atom is -0.356 e. The summed E-state index contributed by atoms with van der Waals surface area (Å²) < 4.78 is 0. The van der Waals surface area contributed by atoms with Crippen LogP contribution in [-0.4, -0.2) is 50.1 Å². The molecule has 1 saturated carbocycles. The standard InChI is InChI=1S/C26H26N4O4/c31-23-15-28(17-6-2-1-3-7-17)26(32)22-14-20-19-8-4-5-9-21(19)27-24(20)25(29(22)23)16-10-12-18(13-11-16)30(33)34/h4-5,8-13,17,22,25,27H,1-3,6-7,14-15H2. The summed E-state index contributed by atoms with van der Waals surface area (Å²) in [5, 5.41) is 12.3. The van der Waals surface area contributed by atoms with E-state index in [9.17, 15) is 19.7 Å². The van der Waals surface area contributed by atoms with E-state index in [0.29, 0.717) is 6.42 Å². The van der Waals surface area contributed by atoms with Crippen LogP contribution in [0.2, 0.25) is 0 Å². The molecule has 2 amide bonds. The maximum Gasteiger partial charge on any atom is 0.269 e. The molecular formula is C26H26N4O4. The molecule has 2 atom stereocenters. The topological polar surface area (TPSA) is 99.5 Å². The molecule has 2 unspecified atom stereocenters. The quantitative estimate of drug-likeness (QED) is 0.472. The number of fused-ring (bicyclic) bond motifs is 4. The Bertz CT molecular complexity index is 1290. The second kappa shape index (κ2) is 7.97. The molecule has 8 heteroatoms. The Morgan fingerprint density at radius 1 is 0.971 bits per heavy atom. The summed E-state index contributed by atoms with van der Waals surface area (Å²) >= 11 is 0. The molecule has 34 heavy (non-hydrogen) atoms. The summed E-state index contributed by atoms with van der Waals surface area (Å²) in [5.41, 5.74) is 3.65. The highest BCUT2D eigenvalue weighted by Gasteiger charge is 2.49. The van der Waals surface area contributed by atoms with Gasteiger partial charge in [0.25, 0.3) is 5.69 Å². The van der Waals surface area contributed by atoms with E-state index in [-0.39, 0.29) is 30.1 Å². The molecule has 3 heterocycles. The van der Waals surface area contributed by atoms with Gasteiger partial charge in [0.15, 0.2) is 0 Å². The summed E-state index contributed by atoms with van der Waals surface area (Å²) in [6.07, 6.45) is 5.75.